The van der Waals surface area contributed by atoms with Gasteiger partial charge in [0.05, 0.1) is 13.2 Å². The van der Waals surface area contributed by atoms with Crippen molar-refractivity contribution in [3.8, 4) is 0 Å². The fourth-order valence-electron chi connectivity index (χ4n) is 0.764. The minimum atomic E-state index is -4.42. The van der Waals surface area contributed by atoms with Gasteiger partial charge in [-0.3, -0.25) is 0 Å². The zero-order valence-electron chi connectivity index (χ0n) is 9.16. The molecule has 0 aromatic heterocycles. The van der Waals surface area contributed by atoms with Crippen LogP contribution in [0.3, 0.4) is 0 Å². The Morgan fingerprint density at radius 3 is 2.39 bits per heavy atom. The Kier molecular flexibility index (Phi) is 7.05. The van der Waals surface area contributed by atoms with E-state index < -0.39 is 37.4 Å². The number of carbonyl (C=O) groups is 2. The second kappa shape index (κ2) is 7.71. The highest BCUT2D eigenvalue weighted by atomic mass is 19.4. The number of nitrogens with one attached hydrogen (secondary N) is 2. The Morgan fingerprint density at radius 1 is 1.28 bits per heavy atom. The lowest BCUT2D eigenvalue weighted by Gasteiger charge is -2.10. The maximum Gasteiger partial charge on any atom is 0.411 e. The maximum atomic E-state index is 11.6. The highest BCUT2D eigenvalue weighted by molar-refractivity contribution is 5.76. The third-order valence-corrected chi connectivity index (χ3v) is 1.54. The minimum absolute atomic E-state index is 0.176. The molecule has 1 unspecified atom stereocenters. The van der Waals surface area contributed by atoms with Crippen molar-refractivity contribution < 1.29 is 37.7 Å². The number of hydrogen-bond donors (Lipinski definition) is 4. The molecule has 0 saturated heterocycles. The van der Waals surface area contributed by atoms with Crippen LogP contribution in [-0.4, -0.2) is 60.8 Å². The predicted molar refractivity (Wildman–Crippen MR) is 51.9 cm³/mol. The Labute approximate surface area is 99.9 Å². The van der Waals surface area contributed by atoms with Gasteiger partial charge in [0.1, 0.15) is 6.61 Å². The smallest absolute Gasteiger partial charge is 0.411 e. The maximum absolute atomic E-state index is 11.6. The Balaban J connectivity index is 3.52. The minimum Gasteiger partial charge on any atom is -0.479 e. The van der Waals surface area contributed by atoms with Gasteiger partial charge in [-0.15, -0.1) is 0 Å². The van der Waals surface area contributed by atoms with E-state index in [-0.39, 0.29) is 13.2 Å². The van der Waals surface area contributed by atoms with E-state index in [1.165, 1.54) is 0 Å². The van der Waals surface area contributed by atoms with Crippen LogP contribution in [0.5, 0.6) is 0 Å². The van der Waals surface area contributed by atoms with Crippen LogP contribution in [0.25, 0.3) is 0 Å². The molecule has 0 rings (SSSR count). The second-order valence-corrected chi connectivity index (χ2v) is 3.16. The van der Waals surface area contributed by atoms with Crippen molar-refractivity contribution in [2.24, 2.45) is 0 Å². The fraction of sp³-hybridized carbons (Fsp3) is 0.750. The average molecular weight is 274 g/mol. The Bertz CT molecular complexity index is 284. The summed E-state index contributed by atoms with van der Waals surface area (Å²) >= 11 is 0. The zero-order chi connectivity index (χ0) is 14.2. The molecule has 0 aromatic carbocycles. The van der Waals surface area contributed by atoms with Crippen LogP contribution in [0.1, 0.15) is 0 Å². The molecule has 2 amide bonds. The molecule has 0 aliphatic heterocycles. The molecule has 0 fully saturated rings. The van der Waals surface area contributed by atoms with Gasteiger partial charge in [0.15, 0.2) is 6.10 Å². The second-order valence-electron chi connectivity index (χ2n) is 3.16. The van der Waals surface area contributed by atoms with E-state index in [9.17, 15) is 22.8 Å². The Hall–Kier alpha value is -1.55. The summed E-state index contributed by atoms with van der Waals surface area (Å²) in [4.78, 5) is 21.1. The number of amides is 2. The topological polar surface area (TPSA) is 108 Å². The lowest BCUT2D eigenvalue weighted by Crippen LogP contribution is -2.43. The molecule has 18 heavy (non-hydrogen) atoms. The summed E-state index contributed by atoms with van der Waals surface area (Å²) in [5.41, 5.74) is 0. The number of halogens is 3. The first-order valence-electron chi connectivity index (χ1n) is 4.79. The quantitative estimate of drug-likeness (QED) is 0.460. The molecule has 10 heteroatoms. The molecule has 0 spiro atoms. The largest absolute Gasteiger partial charge is 0.479 e. The van der Waals surface area contributed by atoms with Gasteiger partial charge in [-0.2, -0.15) is 13.2 Å². The number of carboxylic acids is 1. The van der Waals surface area contributed by atoms with Crippen LogP contribution >= 0.6 is 0 Å². The van der Waals surface area contributed by atoms with E-state index in [4.69, 9.17) is 10.2 Å². The van der Waals surface area contributed by atoms with Crippen molar-refractivity contribution in [3.63, 3.8) is 0 Å². The van der Waals surface area contributed by atoms with Crippen molar-refractivity contribution in [2.75, 3.05) is 26.3 Å². The van der Waals surface area contributed by atoms with Crippen LogP contribution in [-0.2, 0) is 9.53 Å². The predicted octanol–water partition coefficient (Wildman–Crippen LogP) is -0.690. The lowest BCUT2D eigenvalue weighted by atomic mass is 10.4. The highest BCUT2D eigenvalue weighted by Crippen LogP contribution is 2.13. The Morgan fingerprint density at radius 2 is 1.89 bits per heavy atom. The molecular formula is C8H13F3N2O5. The van der Waals surface area contributed by atoms with E-state index in [2.05, 4.69) is 10.1 Å². The molecule has 1 atom stereocenters. The number of ether oxygens (including phenoxy) is 1. The SMILES string of the molecule is O=C(NCCOCC(F)(F)F)NCC(O)C(=O)O. The normalized spacial score (nSPS) is 12.9. The first-order chi connectivity index (χ1) is 8.22. The number of hydrogen-bond acceptors (Lipinski definition) is 4. The summed E-state index contributed by atoms with van der Waals surface area (Å²) in [6.45, 7) is -2.43. The molecule has 0 aliphatic rings. The highest BCUT2D eigenvalue weighted by Gasteiger charge is 2.27. The van der Waals surface area contributed by atoms with Crippen LogP contribution in [0.4, 0.5) is 18.0 Å². The van der Waals surface area contributed by atoms with E-state index in [0.29, 0.717) is 0 Å². The van der Waals surface area contributed by atoms with Gasteiger partial charge in [0.25, 0.3) is 0 Å². The van der Waals surface area contributed by atoms with Gasteiger partial charge < -0.3 is 25.6 Å². The number of alkyl halides is 3. The molecule has 106 valence electrons. The number of aliphatic hydroxyl groups excluding tert-OH is 1. The van der Waals surface area contributed by atoms with Crippen LogP contribution in [0.15, 0.2) is 0 Å². The number of carboxylic acid groups (broad SMARTS) is 1. The molecule has 0 aromatic rings. The van der Waals surface area contributed by atoms with Crippen molar-refractivity contribution in [1.82, 2.24) is 10.6 Å². The number of aliphatic hydroxyl groups is 1. The summed E-state index contributed by atoms with van der Waals surface area (Å²) in [6, 6.07) is -0.814. The van der Waals surface area contributed by atoms with Crippen molar-refractivity contribution in [2.45, 2.75) is 12.3 Å². The summed E-state index contributed by atoms with van der Waals surface area (Å²) in [5, 5.41) is 21.2. The van der Waals surface area contributed by atoms with Gasteiger partial charge in [0.2, 0.25) is 0 Å². The summed E-state index contributed by atoms with van der Waals surface area (Å²) in [6.07, 6.45) is -6.16. The van der Waals surface area contributed by atoms with Gasteiger partial charge in [-0.25, -0.2) is 9.59 Å². The first-order valence-corrected chi connectivity index (χ1v) is 4.79. The fourth-order valence-corrected chi connectivity index (χ4v) is 0.764. The molecule has 0 bridgehead atoms. The number of rotatable bonds is 7. The van der Waals surface area contributed by atoms with Gasteiger partial charge >= 0.3 is 18.2 Å². The van der Waals surface area contributed by atoms with E-state index >= 15 is 0 Å². The molecule has 0 heterocycles. The molecule has 4 N–H and O–H groups in total. The zero-order valence-corrected chi connectivity index (χ0v) is 9.16. The lowest BCUT2D eigenvalue weighted by molar-refractivity contribution is -0.173. The van der Waals surface area contributed by atoms with Crippen LogP contribution in [0, 0.1) is 0 Å². The van der Waals surface area contributed by atoms with Gasteiger partial charge in [-0.1, -0.05) is 0 Å². The summed E-state index contributed by atoms with van der Waals surface area (Å²) < 4.78 is 39.1. The summed E-state index contributed by atoms with van der Waals surface area (Å²) in [7, 11) is 0. The van der Waals surface area contributed by atoms with E-state index in [1.54, 1.807) is 0 Å². The standard InChI is InChI=1S/C8H13F3N2O5/c9-8(10,11)4-18-2-1-12-7(17)13-3-5(14)6(15)16/h5,14H,1-4H2,(H,15,16)(H2,12,13,17). The molecule has 0 saturated carbocycles. The first kappa shape index (κ1) is 16.4. The van der Waals surface area contributed by atoms with Crippen LogP contribution < -0.4 is 10.6 Å². The average Bonchev–Trinajstić information content (AvgIpc) is 2.23. The van der Waals surface area contributed by atoms with Crippen molar-refractivity contribution in [1.29, 1.82) is 0 Å². The van der Waals surface area contributed by atoms with Crippen molar-refractivity contribution >= 4 is 12.0 Å². The van der Waals surface area contributed by atoms with Gasteiger partial charge in [0, 0.05) is 6.54 Å². The summed E-state index contributed by atoms with van der Waals surface area (Å²) in [5.74, 6) is -1.50. The van der Waals surface area contributed by atoms with Crippen LogP contribution in [0.2, 0.25) is 0 Å². The molecular weight excluding hydrogens is 261 g/mol. The number of urea groups is 1. The molecule has 0 aliphatic carbocycles. The van der Waals surface area contributed by atoms with E-state index in [1.807, 2.05) is 5.32 Å². The monoisotopic (exact) mass is 274 g/mol. The molecule has 0 radical (unpaired) electrons. The van der Waals surface area contributed by atoms with E-state index in [0.717, 1.165) is 0 Å². The third kappa shape index (κ3) is 9.66. The number of aliphatic carboxylic acids is 1. The molecule has 7 nitrogen and oxygen atoms in total. The van der Waals surface area contributed by atoms with Gasteiger partial charge in [-0.05, 0) is 0 Å². The van der Waals surface area contributed by atoms with Crippen molar-refractivity contribution in [3.05, 3.63) is 0 Å². The number of carbonyl (C=O) groups excluding carboxylic acids is 1. The third-order valence-electron chi connectivity index (χ3n) is 1.54.